The summed E-state index contributed by atoms with van der Waals surface area (Å²) in [4.78, 5) is 0. The van der Waals surface area contributed by atoms with E-state index in [0.29, 0.717) is 0 Å². The first kappa shape index (κ1) is 11.2. The molecule has 0 atom stereocenters. The molecular weight excluding hydrogens is 192 g/mol. The van der Waals surface area contributed by atoms with Gasteiger partial charge in [-0.3, -0.25) is 0 Å². The van der Waals surface area contributed by atoms with Crippen LogP contribution in [0.5, 0.6) is 0 Å². The smallest absolute Gasteiger partial charge is 0.0152 e. The molecule has 0 aliphatic heterocycles. The summed E-state index contributed by atoms with van der Waals surface area (Å²) in [5, 5.41) is 2.75. The molecule has 0 heteroatoms. The SMILES string of the molecule is CCCC[CH]Cc1cccc2ccccc12. The van der Waals surface area contributed by atoms with Gasteiger partial charge in [0.1, 0.15) is 0 Å². The van der Waals surface area contributed by atoms with Gasteiger partial charge in [0.05, 0.1) is 0 Å². The van der Waals surface area contributed by atoms with Crippen molar-refractivity contribution in [3.8, 4) is 0 Å². The van der Waals surface area contributed by atoms with Crippen molar-refractivity contribution in [2.75, 3.05) is 0 Å². The van der Waals surface area contributed by atoms with Crippen LogP contribution in [0.1, 0.15) is 31.7 Å². The highest BCUT2D eigenvalue weighted by Gasteiger charge is 1.99. The minimum atomic E-state index is 1.10. The summed E-state index contributed by atoms with van der Waals surface area (Å²) < 4.78 is 0. The highest BCUT2D eigenvalue weighted by molar-refractivity contribution is 5.85. The fourth-order valence-corrected chi connectivity index (χ4v) is 2.08. The van der Waals surface area contributed by atoms with Gasteiger partial charge in [0.25, 0.3) is 0 Å². The molecule has 0 aliphatic carbocycles. The average Bonchev–Trinajstić information content (AvgIpc) is 2.35. The van der Waals surface area contributed by atoms with Crippen molar-refractivity contribution in [3.63, 3.8) is 0 Å². The lowest BCUT2D eigenvalue weighted by Crippen LogP contribution is -1.88. The van der Waals surface area contributed by atoms with Crippen LogP contribution in [0.2, 0.25) is 0 Å². The lowest BCUT2D eigenvalue weighted by atomic mass is 9.99. The minimum absolute atomic E-state index is 1.10. The standard InChI is InChI=1S/C16H19/c1-2-3-4-5-9-14-11-8-12-15-10-6-7-13-16(14)15/h5-8,10-13H,2-4,9H2,1H3. The Hall–Kier alpha value is -1.30. The highest BCUT2D eigenvalue weighted by atomic mass is 14.0. The van der Waals surface area contributed by atoms with Crippen LogP contribution >= 0.6 is 0 Å². The number of benzene rings is 2. The predicted octanol–water partition coefficient (Wildman–Crippen LogP) is 4.78. The van der Waals surface area contributed by atoms with Gasteiger partial charge >= 0.3 is 0 Å². The third-order valence-corrected chi connectivity index (χ3v) is 3.01. The summed E-state index contributed by atoms with van der Waals surface area (Å²) in [6.45, 7) is 2.24. The quantitative estimate of drug-likeness (QED) is 0.624. The second-order valence-electron chi connectivity index (χ2n) is 4.27. The van der Waals surface area contributed by atoms with Crippen LogP contribution in [0.4, 0.5) is 0 Å². The van der Waals surface area contributed by atoms with Gasteiger partial charge < -0.3 is 0 Å². The van der Waals surface area contributed by atoms with Crippen molar-refractivity contribution in [2.24, 2.45) is 0 Å². The Kier molecular flexibility index (Phi) is 3.98. The summed E-state index contributed by atoms with van der Waals surface area (Å²) in [7, 11) is 0. The Morgan fingerprint density at radius 2 is 1.81 bits per heavy atom. The van der Waals surface area contributed by atoms with E-state index in [9.17, 15) is 0 Å². The number of rotatable bonds is 5. The summed E-state index contributed by atoms with van der Waals surface area (Å²) in [6.07, 6.45) is 7.34. The topological polar surface area (TPSA) is 0 Å². The maximum atomic E-state index is 2.41. The fraction of sp³-hybridized carbons (Fsp3) is 0.312. The maximum absolute atomic E-state index is 2.41. The van der Waals surface area contributed by atoms with Crippen molar-refractivity contribution in [1.29, 1.82) is 0 Å². The first-order valence-electron chi connectivity index (χ1n) is 6.20. The van der Waals surface area contributed by atoms with Crippen molar-refractivity contribution in [3.05, 3.63) is 54.4 Å². The molecule has 0 saturated heterocycles. The predicted molar refractivity (Wildman–Crippen MR) is 71.5 cm³/mol. The Labute approximate surface area is 98.3 Å². The van der Waals surface area contributed by atoms with Crippen molar-refractivity contribution < 1.29 is 0 Å². The van der Waals surface area contributed by atoms with Crippen LogP contribution in [0.3, 0.4) is 0 Å². The van der Waals surface area contributed by atoms with E-state index < -0.39 is 0 Å². The van der Waals surface area contributed by atoms with E-state index in [2.05, 4.69) is 55.8 Å². The third kappa shape index (κ3) is 2.63. The van der Waals surface area contributed by atoms with Crippen LogP contribution in [0.15, 0.2) is 42.5 Å². The summed E-state index contributed by atoms with van der Waals surface area (Å²) >= 11 is 0. The van der Waals surface area contributed by atoms with Gasteiger partial charge in [-0.25, -0.2) is 0 Å². The molecule has 0 aromatic heterocycles. The zero-order valence-electron chi connectivity index (χ0n) is 9.95. The van der Waals surface area contributed by atoms with Gasteiger partial charge in [-0.05, 0) is 35.6 Å². The molecule has 0 saturated carbocycles. The fourth-order valence-electron chi connectivity index (χ4n) is 2.08. The van der Waals surface area contributed by atoms with Crippen LogP contribution in [-0.4, -0.2) is 0 Å². The number of hydrogen-bond donors (Lipinski definition) is 0. The lowest BCUT2D eigenvalue weighted by Gasteiger charge is -2.05. The van der Waals surface area contributed by atoms with E-state index in [1.807, 2.05) is 0 Å². The van der Waals surface area contributed by atoms with Gasteiger partial charge in [0.2, 0.25) is 0 Å². The van der Waals surface area contributed by atoms with Gasteiger partial charge in [-0.2, -0.15) is 0 Å². The molecule has 0 spiro atoms. The van der Waals surface area contributed by atoms with E-state index in [-0.39, 0.29) is 0 Å². The summed E-state index contributed by atoms with van der Waals surface area (Å²) in [5.41, 5.74) is 1.45. The first-order valence-corrected chi connectivity index (χ1v) is 6.20. The van der Waals surface area contributed by atoms with E-state index in [1.54, 1.807) is 0 Å². The molecule has 0 nitrogen and oxygen atoms in total. The van der Waals surface area contributed by atoms with E-state index in [4.69, 9.17) is 0 Å². The van der Waals surface area contributed by atoms with Crippen molar-refractivity contribution in [2.45, 2.75) is 32.6 Å². The van der Waals surface area contributed by atoms with Crippen molar-refractivity contribution in [1.82, 2.24) is 0 Å². The largest absolute Gasteiger partial charge is 0.0654 e. The number of fused-ring (bicyclic) bond motifs is 1. The molecule has 0 fully saturated rings. The number of hydrogen-bond acceptors (Lipinski definition) is 0. The Morgan fingerprint density at radius 3 is 2.69 bits per heavy atom. The molecule has 1 radical (unpaired) electrons. The third-order valence-electron chi connectivity index (χ3n) is 3.01. The molecule has 0 N–H and O–H groups in total. The molecule has 2 aromatic carbocycles. The number of unbranched alkanes of at least 4 members (excludes halogenated alkanes) is 3. The van der Waals surface area contributed by atoms with Crippen LogP contribution < -0.4 is 0 Å². The van der Waals surface area contributed by atoms with Crippen LogP contribution in [0.25, 0.3) is 10.8 Å². The molecule has 16 heavy (non-hydrogen) atoms. The molecular formula is C16H19. The molecule has 2 aromatic rings. The monoisotopic (exact) mass is 211 g/mol. The molecule has 0 bridgehead atoms. The van der Waals surface area contributed by atoms with E-state index >= 15 is 0 Å². The average molecular weight is 211 g/mol. The van der Waals surface area contributed by atoms with Crippen molar-refractivity contribution >= 4 is 10.8 Å². The second-order valence-corrected chi connectivity index (χ2v) is 4.27. The van der Waals surface area contributed by atoms with Gasteiger partial charge in [0, 0.05) is 0 Å². The van der Waals surface area contributed by atoms with Crippen LogP contribution in [0, 0.1) is 6.42 Å². The minimum Gasteiger partial charge on any atom is -0.0654 e. The van der Waals surface area contributed by atoms with Gasteiger partial charge in [0.15, 0.2) is 0 Å². The zero-order valence-corrected chi connectivity index (χ0v) is 9.95. The second kappa shape index (κ2) is 5.69. The lowest BCUT2D eigenvalue weighted by molar-refractivity contribution is 0.768. The normalized spacial score (nSPS) is 10.8. The summed E-state index contributed by atoms with van der Waals surface area (Å²) in [6, 6.07) is 15.2. The maximum Gasteiger partial charge on any atom is -0.0152 e. The first-order chi connectivity index (χ1) is 7.92. The Morgan fingerprint density at radius 1 is 1.00 bits per heavy atom. The summed E-state index contributed by atoms with van der Waals surface area (Å²) in [5.74, 6) is 0. The van der Waals surface area contributed by atoms with Gasteiger partial charge in [-0.1, -0.05) is 62.2 Å². The van der Waals surface area contributed by atoms with Crippen LogP contribution in [-0.2, 0) is 6.42 Å². The molecule has 0 unspecified atom stereocenters. The van der Waals surface area contributed by atoms with E-state index in [1.165, 1.54) is 35.6 Å². The molecule has 0 amide bonds. The highest BCUT2D eigenvalue weighted by Crippen LogP contribution is 2.20. The molecule has 83 valence electrons. The van der Waals surface area contributed by atoms with Gasteiger partial charge in [-0.15, -0.1) is 0 Å². The Bertz CT molecular complexity index is 437. The molecule has 0 aliphatic rings. The molecule has 0 heterocycles. The van der Waals surface area contributed by atoms with E-state index in [0.717, 1.165) is 6.42 Å². The molecule has 2 rings (SSSR count). The Balaban J connectivity index is 2.11. The zero-order chi connectivity index (χ0) is 11.2.